The summed E-state index contributed by atoms with van der Waals surface area (Å²) in [6.07, 6.45) is 4.08. The Morgan fingerprint density at radius 1 is 1.14 bits per heavy atom. The Morgan fingerprint density at radius 3 is 2.36 bits per heavy atom. The molecule has 28 heavy (non-hydrogen) atoms. The van der Waals surface area contributed by atoms with Gasteiger partial charge in [-0.3, -0.25) is 4.79 Å². The van der Waals surface area contributed by atoms with Gasteiger partial charge < -0.3 is 24.6 Å². The fraction of sp³-hybridized carbons (Fsp3) is 0.750. The van der Waals surface area contributed by atoms with E-state index in [2.05, 4.69) is 12.2 Å². The zero-order valence-corrected chi connectivity index (χ0v) is 17.6. The second-order valence-electron chi connectivity index (χ2n) is 7.73. The first-order valence-electron chi connectivity index (χ1n) is 9.96. The molecule has 1 aliphatic rings. The summed E-state index contributed by atoms with van der Waals surface area (Å²) in [5, 5.41) is 12.0. The molecular formula is C20H34N4O4. The molecule has 1 heterocycles. The second kappa shape index (κ2) is 12.2. The molecule has 0 saturated carbocycles. The van der Waals surface area contributed by atoms with E-state index in [0.717, 1.165) is 19.4 Å². The van der Waals surface area contributed by atoms with Crippen molar-refractivity contribution in [3.8, 4) is 6.07 Å². The Balaban J connectivity index is 2.37. The molecule has 0 aromatic heterocycles. The lowest BCUT2D eigenvalue weighted by molar-refractivity contribution is -0.117. The fourth-order valence-corrected chi connectivity index (χ4v) is 2.50. The molecule has 0 spiro atoms. The number of hydrogen-bond donors (Lipinski definition) is 1. The Morgan fingerprint density at radius 2 is 1.79 bits per heavy atom. The summed E-state index contributed by atoms with van der Waals surface area (Å²) in [5.74, 6) is -0.384. The summed E-state index contributed by atoms with van der Waals surface area (Å²) >= 11 is 0. The van der Waals surface area contributed by atoms with Crippen LogP contribution < -0.4 is 5.32 Å². The van der Waals surface area contributed by atoms with E-state index in [4.69, 9.17) is 9.47 Å². The van der Waals surface area contributed by atoms with Crippen LogP contribution in [0.3, 0.4) is 0 Å². The highest BCUT2D eigenvalue weighted by Gasteiger charge is 2.25. The van der Waals surface area contributed by atoms with Crippen LogP contribution in [-0.2, 0) is 14.3 Å². The first-order valence-corrected chi connectivity index (χ1v) is 9.96. The summed E-state index contributed by atoms with van der Waals surface area (Å²) in [5.41, 5.74) is -0.459. The predicted molar refractivity (Wildman–Crippen MR) is 106 cm³/mol. The topological polar surface area (TPSA) is 94.9 Å². The van der Waals surface area contributed by atoms with Crippen LogP contribution in [0.1, 0.15) is 47.0 Å². The van der Waals surface area contributed by atoms with Gasteiger partial charge in [0.2, 0.25) is 0 Å². The highest BCUT2D eigenvalue weighted by Crippen LogP contribution is 2.12. The third-order valence-corrected chi connectivity index (χ3v) is 4.04. The van der Waals surface area contributed by atoms with Crippen LogP contribution >= 0.6 is 0 Å². The van der Waals surface area contributed by atoms with Crippen molar-refractivity contribution < 1.29 is 19.1 Å². The van der Waals surface area contributed by atoms with Crippen LogP contribution in [0.5, 0.6) is 0 Å². The van der Waals surface area contributed by atoms with Crippen molar-refractivity contribution >= 4 is 12.0 Å². The molecule has 0 aliphatic carbocycles. The van der Waals surface area contributed by atoms with E-state index in [0.29, 0.717) is 45.8 Å². The van der Waals surface area contributed by atoms with E-state index >= 15 is 0 Å². The minimum absolute atomic E-state index is 0.0672. The summed E-state index contributed by atoms with van der Waals surface area (Å²) < 4.78 is 10.8. The lowest BCUT2D eigenvalue weighted by Gasteiger charge is -2.35. The molecule has 8 nitrogen and oxygen atoms in total. The number of amides is 2. The maximum absolute atomic E-state index is 12.2. The molecule has 0 aromatic rings. The first-order chi connectivity index (χ1) is 13.3. The van der Waals surface area contributed by atoms with Crippen LogP contribution in [0.2, 0.25) is 0 Å². The molecule has 1 rings (SSSR count). The molecule has 1 N–H and O–H groups in total. The molecule has 0 aromatic carbocycles. The van der Waals surface area contributed by atoms with Gasteiger partial charge in [-0.2, -0.15) is 5.26 Å². The molecule has 1 aliphatic heterocycles. The average molecular weight is 395 g/mol. The van der Waals surface area contributed by atoms with Crippen molar-refractivity contribution in [2.24, 2.45) is 0 Å². The van der Waals surface area contributed by atoms with E-state index in [-0.39, 0.29) is 17.6 Å². The number of hydrogen-bond acceptors (Lipinski definition) is 6. The lowest BCUT2D eigenvalue weighted by atomic mass is 10.2. The Hall–Kier alpha value is -2.27. The van der Waals surface area contributed by atoms with Gasteiger partial charge in [-0.05, 0) is 33.6 Å². The van der Waals surface area contributed by atoms with Crippen LogP contribution in [0.15, 0.2) is 11.8 Å². The minimum Gasteiger partial charge on any atom is -0.444 e. The first kappa shape index (κ1) is 23.8. The van der Waals surface area contributed by atoms with E-state index in [1.807, 2.05) is 31.7 Å². The average Bonchev–Trinajstić information content (AvgIpc) is 2.64. The number of ether oxygens (including phenoxy) is 2. The maximum Gasteiger partial charge on any atom is 0.410 e. The van der Waals surface area contributed by atoms with Crippen LogP contribution in [0, 0.1) is 11.3 Å². The van der Waals surface area contributed by atoms with Gasteiger partial charge >= 0.3 is 6.09 Å². The highest BCUT2D eigenvalue weighted by atomic mass is 16.6. The normalized spacial score (nSPS) is 15.2. The molecule has 2 amide bonds. The third kappa shape index (κ3) is 9.60. The van der Waals surface area contributed by atoms with Crippen molar-refractivity contribution in [1.29, 1.82) is 5.26 Å². The van der Waals surface area contributed by atoms with Crippen molar-refractivity contribution in [3.05, 3.63) is 11.8 Å². The predicted octanol–water partition coefficient (Wildman–Crippen LogP) is 2.27. The Kier molecular flexibility index (Phi) is 10.4. The smallest absolute Gasteiger partial charge is 0.410 e. The zero-order chi connectivity index (χ0) is 21.0. The largest absolute Gasteiger partial charge is 0.444 e. The number of rotatable bonds is 9. The monoisotopic (exact) mass is 394 g/mol. The molecule has 158 valence electrons. The molecule has 0 bridgehead atoms. The number of nitrogens with zero attached hydrogens (tertiary/aromatic N) is 3. The Labute approximate surface area is 168 Å². The summed E-state index contributed by atoms with van der Waals surface area (Å²) in [6, 6.07) is 1.95. The summed E-state index contributed by atoms with van der Waals surface area (Å²) in [4.78, 5) is 27.8. The Bertz CT molecular complexity index is 570. The van der Waals surface area contributed by atoms with Gasteiger partial charge in [0.1, 0.15) is 17.2 Å². The van der Waals surface area contributed by atoms with Crippen molar-refractivity contribution in [1.82, 2.24) is 15.1 Å². The van der Waals surface area contributed by atoms with Crippen molar-refractivity contribution in [2.45, 2.75) is 52.6 Å². The van der Waals surface area contributed by atoms with E-state index in [1.54, 1.807) is 11.1 Å². The van der Waals surface area contributed by atoms with E-state index in [9.17, 15) is 14.9 Å². The molecular weight excluding hydrogens is 360 g/mol. The van der Waals surface area contributed by atoms with Gasteiger partial charge in [0.25, 0.3) is 5.91 Å². The van der Waals surface area contributed by atoms with Gasteiger partial charge in [0.15, 0.2) is 0 Å². The second-order valence-corrected chi connectivity index (χ2v) is 7.73. The molecule has 1 fully saturated rings. The van der Waals surface area contributed by atoms with Crippen molar-refractivity contribution in [3.63, 3.8) is 0 Å². The van der Waals surface area contributed by atoms with Gasteiger partial charge in [-0.15, -0.1) is 0 Å². The zero-order valence-electron chi connectivity index (χ0n) is 17.6. The molecule has 1 saturated heterocycles. The quantitative estimate of drug-likeness (QED) is 0.366. The maximum atomic E-state index is 12.2. The molecule has 8 heteroatoms. The van der Waals surface area contributed by atoms with Crippen LogP contribution in [0.25, 0.3) is 0 Å². The SMILES string of the molecule is CCCCOCCCNC(=O)/C(C#N)=C\N1CCN(C(=O)OC(C)(C)C)CC1. The minimum atomic E-state index is -0.527. The highest BCUT2D eigenvalue weighted by molar-refractivity contribution is 5.97. The van der Waals surface area contributed by atoms with E-state index < -0.39 is 5.60 Å². The standard InChI is InChI=1S/C20H34N4O4/c1-5-6-13-27-14-7-8-22-18(25)17(15-21)16-23-9-11-24(12-10-23)19(26)28-20(2,3)4/h16H,5-14H2,1-4H3,(H,22,25)/b17-16-. The number of piperazine rings is 1. The number of carbonyl (C=O) groups is 2. The van der Waals surface area contributed by atoms with Crippen LogP contribution in [0.4, 0.5) is 4.79 Å². The summed E-state index contributed by atoms with van der Waals surface area (Å²) in [6.45, 7) is 11.5. The van der Waals surface area contributed by atoms with Crippen LogP contribution in [-0.4, -0.2) is 73.3 Å². The molecule has 0 atom stereocenters. The van der Waals surface area contributed by atoms with Crippen molar-refractivity contribution in [2.75, 3.05) is 45.9 Å². The van der Waals surface area contributed by atoms with Gasteiger partial charge in [0, 0.05) is 52.1 Å². The van der Waals surface area contributed by atoms with Gasteiger partial charge in [-0.1, -0.05) is 13.3 Å². The number of nitrogens with one attached hydrogen (secondary N) is 1. The number of unbranched alkanes of at least 4 members (excludes halogenated alkanes) is 1. The number of nitriles is 1. The summed E-state index contributed by atoms with van der Waals surface area (Å²) in [7, 11) is 0. The fourth-order valence-electron chi connectivity index (χ4n) is 2.50. The number of carbonyl (C=O) groups excluding carboxylic acids is 2. The van der Waals surface area contributed by atoms with Gasteiger partial charge in [0.05, 0.1) is 0 Å². The molecule has 0 radical (unpaired) electrons. The molecule has 0 unspecified atom stereocenters. The van der Waals surface area contributed by atoms with E-state index in [1.165, 1.54) is 0 Å². The third-order valence-electron chi connectivity index (χ3n) is 4.04. The lowest BCUT2D eigenvalue weighted by Crippen LogP contribution is -2.48. The van der Waals surface area contributed by atoms with Gasteiger partial charge in [-0.25, -0.2) is 4.79 Å².